The molecule has 19 heavy (non-hydrogen) atoms. The quantitative estimate of drug-likeness (QED) is 0.828. The second-order valence-corrected chi connectivity index (χ2v) is 5.38. The molecular formula is C15H20N2O2. The maximum atomic E-state index is 12.7. The molecule has 2 unspecified atom stereocenters. The molecule has 2 atom stereocenters. The molecule has 0 aliphatic carbocycles. The summed E-state index contributed by atoms with van der Waals surface area (Å²) in [5.74, 6) is -0.0643. The van der Waals surface area contributed by atoms with E-state index in [0.29, 0.717) is 13.2 Å². The number of para-hydroxylation sites is 1. The number of fused-ring (bicyclic) bond motifs is 1. The van der Waals surface area contributed by atoms with Crippen LogP contribution in [0.3, 0.4) is 0 Å². The lowest BCUT2D eigenvalue weighted by Gasteiger charge is -2.26. The first-order chi connectivity index (χ1) is 9.27. The Hall–Kier alpha value is -1.39. The van der Waals surface area contributed by atoms with E-state index in [0.717, 1.165) is 31.5 Å². The van der Waals surface area contributed by atoms with Gasteiger partial charge in [0.2, 0.25) is 5.91 Å². The van der Waals surface area contributed by atoms with Gasteiger partial charge in [-0.3, -0.25) is 4.79 Å². The van der Waals surface area contributed by atoms with Crippen molar-refractivity contribution in [1.29, 1.82) is 0 Å². The van der Waals surface area contributed by atoms with Gasteiger partial charge in [-0.25, -0.2) is 0 Å². The molecule has 4 nitrogen and oxygen atoms in total. The molecular weight excluding hydrogens is 240 g/mol. The van der Waals surface area contributed by atoms with Gasteiger partial charge in [-0.05, 0) is 30.9 Å². The summed E-state index contributed by atoms with van der Waals surface area (Å²) in [5.41, 5.74) is 8.30. The third-order valence-corrected chi connectivity index (χ3v) is 4.07. The maximum Gasteiger partial charge on any atom is 0.234 e. The first-order valence-corrected chi connectivity index (χ1v) is 7.00. The van der Waals surface area contributed by atoms with E-state index >= 15 is 0 Å². The number of ether oxygens (including phenoxy) is 1. The SMILES string of the molecule is NC1COCC1C(=O)N1CCCCc2ccccc21. The summed E-state index contributed by atoms with van der Waals surface area (Å²) >= 11 is 0. The average Bonchev–Trinajstić information content (AvgIpc) is 2.74. The van der Waals surface area contributed by atoms with Crippen LogP contribution in [0.5, 0.6) is 0 Å². The zero-order valence-electron chi connectivity index (χ0n) is 11.0. The molecule has 3 rings (SSSR count). The molecule has 102 valence electrons. The Morgan fingerprint density at radius 3 is 2.89 bits per heavy atom. The Labute approximate surface area is 113 Å². The van der Waals surface area contributed by atoms with Gasteiger partial charge in [0.1, 0.15) is 0 Å². The minimum absolute atomic E-state index is 0.124. The monoisotopic (exact) mass is 260 g/mol. The van der Waals surface area contributed by atoms with Crippen molar-refractivity contribution < 1.29 is 9.53 Å². The van der Waals surface area contributed by atoms with Gasteiger partial charge in [0.15, 0.2) is 0 Å². The molecule has 2 aliphatic rings. The Kier molecular flexibility index (Phi) is 3.53. The molecule has 2 N–H and O–H groups in total. The summed E-state index contributed by atoms with van der Waals surface area (Å²) in [4.78, 5) is 14.6. The second kappa shape index (κ2) is 5.31. The van der Waals surface area contributed by atoms with E-state index in [9.17, 15) is 4.79 Å². The first kappa shape index (κ1) is 12.6. The van der Waals surface area contributed by atoms with Crippen molar-refractivity contribution in [2.75, 3.05) is 24.7 Å². The number of anilines is 1. The molecule has 1 fully saturated rings. The van der Waals surface area contributed by atoms with E-state index in [4.69, 9.17) is 10.5 Å². The van der Waals surface area contributed by atoms with E-state index < -0.39 is 0 Å². The number of nitrogens with zero attached hydrogens (tertiary/aromatic N) is 1. The van der Waals surface area contributed by atoms with Gasteiger partial charge in [0, 0.05) is 18.3 Å². The van der Waals surface area contributed by atoms with Crippen LogP contribution in [0.4, 0.5) is 5.69 Å². The minimum Gasteiger partial charge on any atom is -0.379 e. The predicted octanol–water partition coefficient (Wildman–Crippen LogP) is 1.33. The summed E-state index contributed by atoms with van der Waals surface area (Å²) < 4.78 is 5.33. The molecule has 2 heterocycles. The minimum atomic E-state index is -0.189. The molecule has 0 bridgehead atoms. The Morgan fingerprint density at radius 1 is 1.26 bits per heavy atom. The van der Waals surface area contributed by atoms with Crippen LogP contribution in [-0.4, -0.2) is 31.7 Å². The molecule has 0 spiro atoms. The van der Waals surface area contributed by atoms with Crippen molar-refractivity contribution in [3.63, 3.8) is 0 Å². The summed E-state index contributed by atoms with van der Waals surface area (Å²) in [6.45, 7) is 1.74. The summed E-state index contributed by atoms with van der Waals surface area (Å²) in [5, 5.41) is 0. The van der Waals surface area contributed by atoms with Crippen LogP contribution in [0.15, 0.2) is 24.3 Å². The molecule has 1 amide bonds. The standard InChI is InChI=1S/C15H20N2O2/c16-13-10-19-9-12(13)15(18)17-8-4-3-6-11-5-1-2-7-14(11)17/h1-2,5,7,12-13H,3-4,6,8-10,16H2. The highest BCUT2D eigenvalue weighted by Gasteiger charge is 2.35. The number of amides is 1. The molecule has 1 aromatic rings. The number of carbonyl (C=O) groups excluding carboxylic acids is 1. The van der Waals surface area contributed by atoms with E-state index in [1.165, 1.54) is 5.56 Å². The summed E-state index contributed by atoms with van der Waals surface area (Å²) in [6, 6.07) is 8.03. The van der Waals surface area contributed by atoms with Gasteiger partial charge in [-0.2, -0.15) is 0 Å². The van der Waals surface area contributed by atoms with Crippen LogP contribution < -0.4 is 10.6 Å². The zero-order chi connectivity index (χ0) is 13.2. The topological polar surface area (TPSA) is 55.6 Å². The van der Waals surface area contributed by atoms with Crippen molar-refractivity contribution in [1.82, 2.24) is 0 Å². The van der Waals surface area contributed by atoms with Crippen LogP contribution in [0.1, 0.15) is 18.4 Å². The average molecular weight is 260 g/mol. The number of rotatable bonds is 1. The largest absolute Gasteiger partial charge is 0.379 e. The van der Waals surface area contributed by atoms with Crippen molar-refractivity contribution in [3.05, 3.63) is 29.8 Å². The molecule has 2 aliphatic heterocycles. The van der Waals surface area contributed by atoms with Crippen LogP contribution >= 0.6 is 0 Å². The fourth-order valence-corrected chi connectivity index (χ4v) is 2.95. The van der Waals surface area contributed by atoms with E-state index in [1.807, 2.05) is 23.1 Å². The summed E-state index contributed by atoms with van der Waals surface area (Å²) in [6.07, 6.45) is 3.23. The van der Waals surface area contributed by atoms with Crippen molar-refractivity contribution in [2.24, 2.45) is 11.7 Å². The lowest BCUT2D eigenvalue weighted by atomic mass is 10.0. The summed E-state index contributed by atoms with van der Waals surface area (Å²) in [7, 11) is 0. The highest BCUT2D eigenvalue weighted by molar-refractivity contribution is 5.96. The van der Waals surface area contributed by atoms with Crippen molar-refractivity contribution >= 4 is 11.6 Å². The normalized spacial score (nSPS) is 26.9. The lowest BCUT2D eigenvalue weighted by Crippen LogP contribution is -2.44. The molecule has 0 saturated carbocycles. The number of carbonyl (C=O) groups is 1. The van der Waals surface area contributed by atoms with Crippen molar-refractivity contribution in [2.45, 2.75) is 25.3 Å². The van der Waals surface area contributed by atoms with Crippen LogP contribution in [0.25, 0.3) is 0 Å². The van der Waals surface area contributed by atoms with Crippen LogP contribution in [0.2, 0.25) is 0 Å². The lowest BCUT2D eigenvalue weighted by molar-refractivity contribution is -0.122. The highest BCUT2D eigenvalue weighted by atomic mass is 16.5. The van der Waals surface area contributed by atoms with Crippen LogP contribution in [0, 0.1) is 5.92 Å². The third kappa shape index (κ3) is 2.38. The third-order valence-electron chi connectivity index (χ3n) is 4.07. The number of hydrogen-bond donors (Lipinski definition) is 1. The van der Waals surface area contributed by atoms with Crippen molar-refractivity contribution in [3.8, 4) is 0 Å². The fourth-order valence-electron chi connectivity index (χ4n) is 2.95. The van der Waals surface area contributed by atoms with Gasteiger partial charge in [-0.1, -0.05) is 18.2 Å². The predicted molar refractivity (Wildman–Crippen MR) is 74.0 cm³/mol. The number of benzene rings is 1. The molecule has 4 heteroatoms. The maximum absolute atomic E-state index is 12.7. The number of nitrogens with two attached hydrogens (primary N) is 1. The Balaban J connectivity index is 1.89. The number of hydrogen-bond acceptors (Lipinski definition) is 3. The molecule has 0 radical (unpaired) electrons. The van der Waals surface area contributed by atoms with Gasteiger partial charge < -0.3 is 15.4 Å². The molecule has 1 saturated heterocycles. The van der Waals surface area contributed by atoms with Gasteiger partial charge in [0.05, 0.1) is 19.1 Å². The fraction of sp³-hybridized carbons (Fsp3) is 0.533. The molecule has 1 aromatic carbocycles. The Morgan fingerprint density at radius 2 is 2.11 bits per heavy atom. The molecule has 0 aromatic heterocycles. The second-order valence-electron chi connectivity index (χ2n) is 5.38. The van der Waals surface area contributed by atoms with E-state index in [2.05, 4.69) is 6.07 Å². The number of aryl methyl sites for hydroxylation is 1. The van der Waals surface area contributed by atoms with Gasteiger partial charge >= 0.3 is 0 Å². The van der Waals surface area contributed by atoms with Crippen LogP contribution in [-0.2, 0) is 16.0 Å². The highest BCUT2D eigenvalue weighted by Crippen LogP contribution is 2.28. The van der Waals surface area contributed by atoms with Gasteiger partial charge in [0.25, 0.3) is 0 Å². The van der Waals surface area contributed by atoms with Gasteiger partial charge in [-0.15, -0.1) is 0 Å². The smallest absolute Gasteiger partial charge is 0.234 e. The zero-order valence-corrected chi connectivity index (χ0v) is 11.0. The first-order valence-electron chi connectivity index (χ1n) is 7.00. The van der Waals surface area contributed by atoms with E-state index in [-0.39, 0.29) is 17.9 Å². The van der Waals surface area contributed by atoms with E-state index in [1.54, 1.807) is 0 Å². The Bertz CT molecular complexity index is 475.